The van der Waals surface area contributed by atoms with Gasteiger partial charge in [0.15, 0.2) is 0 Å². The number of pyridine rings is 1. The highest BCUT2D eigenvalue weighted by atomic mass is 32.2. The lowest BCUT2D eigenvalue weighted by atomic mass is 10.2. The van der Waals surface area contributed by atoms with E-state index in [0.29, 0.717) is 5.69 Å². The number of hydrogen-bond donors (Lipinski definition) is 2. The van der Waals surface area contributed by atoms with Gasteiger partial charge in [-0.2, -0.15) is 4.39 Å². The molecule has 1 heterocycles. The van der Waals surface area contributed by atoms with Gasteiger partial charge in [0.25, 0.3) is 10.0 Å². The number of nitrogen functional groups attached to an aromatic ring is 1. The first-order valence-corrected chi connectivity index (χ1v) is 6.88. The second-order valence-electron chi connectivity index (χ2n) is 3.97. The van der Waals surface area contributed by atoms with E-state index in [4.69, 9.17) is 5.73 Å². The number of nitrogens with one attached hydrogen (secondary N) is 1. The fourth-order valence-corrected chi connectivity index (χ4v) is 2.48. The Hall–Kier alpha value is -2.15. The van der Waals surface area contributed by atoms with Crippen LogP contribution in [-0.2, 0) is 10.0 Å². The molecule has 7 heteroatoms. The zero-order chi connectivity index (χ0) is 14.0. The van der Waals surface area contributed by atoms with E-state index in [1.165, 1.54) is 24.3 Å². The third-order valence-corrected chi connectivity index (χ3v) is 3.87. The third kappa shape index (κ3) is 3.00. The molecule has 5 nitrogen and oxygen atoms in total. The van der Waals surface area contributed by atoms with Crippen LogP contribution < -0.4 is 10.5 Å². The lowest BCUT2D eigenvalue weighted by Gasteiger charge is -2.08. The minimum Gasteiger partial charge on any atom is -0.398 e. The number of aryl methyl sites for hydroxylation is 1. The molecule has 1 aromatic heterocycles. The number of hydrogen-bond acceptors (Lipinski definition) is 4. The average molecular weight is 281 g/mol. The Bertz CT molecular complexity index is 717. The molecule has 0 amide bonds. The average Bonchev–Trinajstić information content (AvgIpc) is 2.32. The lowest BCUT2D eigenvalue weighted by molar-refractivity contribution is 0.584. The van der Waals surface area contributed by atoms with E-state index >= 15 is 0 Å². The second-order valence-corrected chi connectivity index (χ2v) is 5.65. The van der Waals surface area contributed by atoms with Crippen LogP contribution in [0.2, 0.25) is 0 Å². The number of benzene rings is 1. The van der Waals surface area contributed by atoms with Crippen LogP contribution in [0.5, 0.6) is 0 Å². The van der Waals surface area contributed by atoms with Crippen molar-refractivity contribution in [2.75, 3.05) is 10.5 Å². The highest BCUT2D eigenvalue weighted by molar-refractivity contribution is 7.92. The summed E-state index contributed by atoms with van der Waals surface area (Å²) in [5.74, 6) is -0.845. The highest BCUT2D eigenvalue weighted by Gasteiger charge is 2.15. The van der Waals surface area contributed by atoms with Gasteiger partial charge in [0.2, 0.25) is 5.95 Å². The van der Waals surface area contributed by atoms with Crippen molar-refractivity contribution >= 4 is 21.5 Å². The normalized spacial score (nSPS) is 11.3. The van der Waals surface area contributed by atoms with Gasteiger partial charge in [-0.1, -0.05) is 12.1 Å². The van der Waals surface area contributed by atoms with Crippen molar-refractivity contribution in [1.29, 1.82) is 0 Å². The summed E-state index contributed by atoms with van der Waals surface area (Å²) in [6, 6.07) is 8.22. The molecule has 0 aliphatic heterocycles. The van der Waals surface area contributed by atoms with E-state index in [0.717, 1.165) is 11.6 Å². The van der Waals surface area contributed by atoms with E-state index in [1.54, 1.807) is 13.0 Å². The number of nitrogens with zero attached hydrogens (tertiary/aromatic N) is 1. The van der Waals surface area contributed by atoms with Crippen LogP contribution in [0.1, 0.15) is 5.56 Å². The first-order chi connectivity index (χ1) is 8.88. The van der Waals surface area contributed by atoms with Gasteiger partial charge in [0.05, 0.1) is 4.90 Å². The smallest absolute Gasteiger partial charge is 0.263 e. The second kappa shape index (κ2) is 4.85. The Kier molecular flexibility index (Phi) is 3.39. The van der Waals surface area contributed by atoms with Crippen molar-refractivity contribution in [2.24, 2.45) is 0 Å². The van der Waals surface area contributed by atoms with Crippen molar-refractivity contribution in [3.8, 4) is 0 Å². The van der Waals surface area contributed by atoms with Gasteiger partial charge in [-0.05, 0) is 36.8 Å². The molecule has 0 radical (unpaired) electrons. The number of anilines is 2. The van der Waals surface area contributed by atoms with Gasteiger partial charge in [0.1, 0.15) is 5.82 Å². The minimum absolute atomic E-state index is 0.00154. The van der Waals surface area contributed by atoms with E-state index in [9.17, 15) is 12.8 Å². The zero-order valence-electron chi connectivity index (χ0n) is 10.1. The highest BCUT2D eigenvalue weighted by Crippen LogP contribution is 2.19. The summed E-state index contributed by atoms with van der Waals surface area (Å²) in [6.07, 6.45) is 0. The number of nitrogens with two attached hydrogens (primary N) is 1. The van der Waals surface area contributed by atoms with Gasteiger partial charge in [-0.3, -0.25) is 4.72 Å². The molecule has 2 aromatic rings. The van der Waals surface area contributed by atoms with E-state index < -0.39 is 16.0 Å². The van der Waals surface area contributed by atoms with E-state index in [-0.39, 0.29) is 10.7 Å². The van der Waals surface area contributed by atoms with Crippen molar-refractivity contribution in [1.82, 2.24) is 4.98 Å². The van der Waals surface area contributed by atoms with Crippen LogP contribution in [0.25, 0.3) is 0 Å². The molecular formula is C12H12FN3O2S. The fourth-order valence-electron chi connectivity index (χ4n) is 1.45. The number of sulfonamides is 1. The molecule has 0 fully saturated rings. The number of rotatable bonds is 3. The molecular weight excluding hydrogens is 269 g/mol. The number of halogens is 1. The maximum Gasteiger partial charge on any atom is 0.263 e. The predicted molar refractivity (Wildman–Crippen MR) is 70.6 cm³/mol. The van der Waals surface area contributed by atoms with Crippen molar-refractivity contribution in [3.63, 3.8) is 0 Å². The quantitative estimate of drug-likeness (QED) is 0.665. The van der Waals surface area contributed by atoms with Gasteiger partial charge in [0, 0.05) is 5.69 Å². The summed E-state index contributed by atoms with van der Waals surface area (Å²) in [5.41, 5.74) is 6.82. The minimum atomic E-state index is -3.83. The Labute approximate surface area is 110 Å². The van der Waals surface area contributed by atoms with Gasteiger partial charge >= 0.3 is 0 Å². The Morgan fingerprint density at radius 3 is 2.63 bits per heavy atom. The summed E-state index contributed by atoms with van der Waals surface area (Å²) >= 11 is 0. The van der Waals surface area contributed by atoms with Crippen LogP contribution in [-0.4, -0.2) is 13.4 Å². The summed E-state index contributed by atoms with van der Waals surface area (Å²) in [4.78, 5) is 3.44. The predicted octanol–water partition coefficient (Wildman–Crippen LogP) is 1.91. The first-order valence-electron chi connectivity index (χ1n) is 5.40. The molecule has 0 saturated carbocycles. The molecule has 0 saturated heterocycles. The number of aromatic nitrogens is 1. The molecule has 0 bridgehead atoms. The van der Waals surface area contributed by atoms with Crippen LogP contribution >= 0.6 is 0 Å². The summed E-state index contributed by atoms with van der Waals surface area (Å²) in [7, 11) is -3.83. The largest absolute Gasteiger partial charge is 0.398 e. The summed E-state index contributed by atoms with van der Waals surface area (Å²) in [5, 5.41) is 0. The fraction of sp³-hybridized carbons (Fsp3) is 0.0833. The zero-order valence-corrected chi connectivity index (χ0v) is 10.9. The van der Waals surface area contributed by atoms with Crippen molar-refractivity contribution < 1.29 is 12.8 Å². The maximum atomic E-state index is 12.9. The molecule has 2 rings (SSSR count). The molecule has 3 N–H and O–H groups in total. The van der Waals surface area contributed by atoms with Crippen molar-refractivity contribution in [3.05, 3.63) is 47.9 Å². The van der Waals surface area contributed by atoms with Gasteiger partial charge in [-0.25, -0.2) is 13.4 Å². The van der Waals surface area contributed by atoms with Crippen molar-refractivity contribution in [2.45, 2.75) is 11.8 Å². The molecule has 19 heavy (non-hydrogen) atoms. The molecule has 0 aliphatic rings. The van der Waals surface area contributed by atoms with Gasteiger partial charge in [-0.15, -0.1) is 0 Å². The van der Waals surface area contributed by atoms with E-state index in [2.05, 4.69) is 9.71 Å². The molecule has 0 spiro atoms. The molecule has 1 aromatic carbocycles. The van der Waals surface area contributed by atoms with Crippen LogP contribution in [0, 0.1) is 12.9 Å². The monoisotopic (exact) mass is 281 g/mol. The summed E-state index contributed by atoms with van der Waals surface area (Å²) < 4.78 is 39.2. The van der Waals surface area contributed by atoms with Crippen LogP contribution in [0.15, 0.2) is 41.3 Å². The van der Waals surface area contributed by atoms with Crippen LogP contribution in [0.3, 0.4) is 0 Å². The van der Waals surface area contributed by atoms with Gasteiger partial charge < -0.3 is 5.73 Å². The maximum absolute atomic E-state index is 12.9. The molecule has 0 aliphatic carbocycles. The Balaban J connectivity index is 2.35. The van der Waals surface area contributed by atoms with E-state index in [1.807, 2.05) is 0 Å². The molecule has 0 atom stereocenters. The first kappa shape index (κ1) is 13.3. The Morgan fingerprint density at radius 1 is 1.26 bits per heavy atom. The third-order valence-electron chi connectivity index (χ3n) is 2.52. The lowest BCUT2D eigenvalue weighted by Crippen LogP contribution is -2.14. The topological polar surface area (TPSA) is 85.1 Å². The van der Waals surface area contributed by atoms with Crippen LogP contribution in [0.4, 0.5) is 15.9 Å². The molecule has 0 unspecified atom stereocenters. The SMILES string of the molecule is Cc1ccc(S(=O)(=O)Nc2cccc(F)n2)cc1N. The standard InChI is InChI=1S/C12H12FN3O2S/c1-8-5-6-9(7-10(8)14)19(17,18)16-12-4-2-3-11(13)15-12/h2-7H,14H2,1H3,(H,15,16). The Morgan fingerprint density at radius 2 is 2.00 bits per heavy atom. The summed E-state index contributed by atoms with van der Waals surface area (Å²) in [6.45, 7) is 1.77. The molecule has 100 valence electrons.